The molecule has 29 nitrogen and oxygen atoms in total. The van der Waals surface area contributed by atoms with E-state index in [4.69, 9.17) is 45.6 Å². The van der Waals surface area contributed by atoms with Gasteiger partial charge in [0.2, 0.25) is 0 Å². The van der Waals surface area contributed by atoms with Crippen LogP contribution in [0.3, 0.4) is 0 Å². The first-order valence-corrected chi connectivity index (χ1v) is 48.4. The number of aliphatic carboxylic acids is 3. The third-order valence-corrected chi connectivity index (χ3v) is 23.6. The number of aryl methyl sites for hydroxylation is 4. The maximum Gasteiger partial charge on any atom is 3.00 e. The molecule has 0 fully saturated rings. The molecule has 1 radical (unpaired) electrons. The van der Waals surface area contributed by atoms with Crippen molar-refractivity contribution in [2.75, 3.05) is 73.0 Å². The first kappa shape index (κ1) is 121. The Balaban J connectivity index is 0.000000233. The number of carbonyl (C=O) groups excluding carboxylic acids is 6. The minimum atomic E-state index is -1.25. The number of Topliss-reactive ketones (excluding diaryl/α,β-unsaturated/α-hetero) is 3. The zero-order chi connectivity index (χ0) is 102. The molecule has 12 aromatic heterocycles. The molecule has 1 aromatic carbocycles. The average molecular weight is 2370 g/mol. The second-order valence-corrected chi connectivity index (χ2v) is 37.5. The number of nitrogens with two attached hydrogens (primary N) is 1. The van der Waals surface area contributed by atoms with Gasteiger partial charge in [-0.3, -0.25) is 78.8 Å². The number of benzene rings is 1. The summed E-state index contributed by atoms with van der Waals surface area (Å²) in [6.07, 6.45) is 3.75. The largest absolute Gasteiger partial charge is 3.00 e. The molecule has 0 spiro atoms. The van der Waals surface area contributed by atoms with Gasteiger partial charge in [-0.2, -0.15) is 0 Å². The van der Waals surface area contributed by atoms with E-state index in [1.807, 2.05) is 269 Å². The Morgan fingerprint density at radius 2 is 0.662 bits per heavy atom. The summed E-state index contributed by atoms with van der Waals surface area (Å²) in [5, 5.41) is 43.0. The molecule has 145 heavy (non-hydrogen) atoms. The van der Waals surface area contributed by atoms with Crippen LogP contribution in [-0.2, 0) is 72.8 Å². The van der Waals surface area contributed by atoms with Crippen LogP contribution in [0.4, 0.5) is 0 Å². The van der Waals surface area contributed by atoms with Gasteiger partial charge >= 0.3 is 105 Å². The maximum absolute atomic E-state index is 13.2. The number of aromatic nitrogens is 12. The molecular formula is C113H129Eu3N18O11+3. The molecule has 0 saturated carbocycles. The number of pyridine rings is 12. The van der Waals surface area contributed by atoms with E-state index in [9.17, 15) is 54.0 Å². The van der Waals surface area contributed by atoms with E-state index in [1.54, 1.807) is 39.8 Å². The zero-order valence-electron chi connectivity index (χ0n) is 85.2. The minimum absolute atomic E-state index is 0. The van der Waals surface area contributed by atoms with Crippen molar-refractivity contribution in [1.29, 1.82) is 0 Å². The molecule has 0 unspecified atom stereocenters. The van der Waals surface area contributed by atoms with Crippen molar-refractivity contribution in [3.63, 3.8) is 0 Å². The number of hydrogen-bond acceptors (Lipinski definition) is 28. The number of likely N-dealkylation sites (N-methyl/N-ethyl adjacent to an activating group) is 1. The van der Waals surface area contributed by atoms with Crippen LogP contribution in [0, 0.1) is 199 Å². The third-order valence-electron chi connectivity index (χ3n) is 23.6. The molecule has 16 bridgehead atoms. The minimum Gasteiger partial charge on any atom is -0.549 e. The topological polar surface area (TPSA) is 406 Å². The predicted octanol–water partition coefficient (Wildman–Crippen LogP) is 14.2. The quantitative estimate of drug-likeness (QED) is 0.0451. The fourth-order valence-electron chi connectivity index (χ4n) is 16.5. The predicted molar refractivity (Wildman–Crippen MR) is 545 cm³/mol. The van der Waals surface area contributed by atoms with Crippen molar-refractivity contribution in [2.24, 2.45) is 29.4 Å². The summed E-state index contributed by atoms with van der Waals surface area (Å²) < 4.78 is 0. The van der Waals surface area contributed by atoms with Crippen molar-refractivity contribution in [2.45, 2.75) is 167 Å². The van der Waals surface area contributed by atoms with Gasteiger partial charge in [0.05, 0.1) is 115 Å². The van der Waals surface area contributed by atoms with E-state index in [1.165, 1.54) is 11.6 Å². The summed E-state index contributed by atoms with van der Waals surface area (Å²) in [6, 6.07) is 69.9. The SMILES string of the molecule is CC(C)C(=O)c1cc2nc(c1)-c1cc(C(=O)CCCN)cc(n1)CN(C)Cc1cccc(n1)-c1cccc(n1)C[C@H](C)C2.CC(C)C(=O)c1cc2nc(c1)-c1cc(C(=O)O)cc(n1)CN(C)Cc1cccc(n1)-c1cccc(n1)C[C@H](C)C2.CCN(CCN(CCN(CC(=O)[O-])Cc1ccc(C(C)C)cc1)CC(=O)[O-])CC(=O)[O-].Cc1cccc(-c2cccc(C)n2)n1.Cc1cccc(-c2cccc(C)n2)n1.[Eu+3].[Eu+3].[Eu]. The molecule has 0 aliphatic carbocycles. The normalized spacial score (nSPS) is 13.4. The van der Waals surface area contributed by atoms with Gasteiger partial charge < -0.3 is 40.5 Å². The van der Waals surface area contributed by atoms with E-state index in [0.29, 0.717) is 142 Å². The summed E-state index contributed by atoms with van der Waals surface area (Å²) in [5.74, 6) is -4.17. The number of fused-ring (bicyclic) bond motifs is 20. The van der Waals surface area contributed by atoms with E-state index in [-0.39, 0.29) is 221 Å². The monoisotopic (exact) mass is 2370 g/mol. The van der Waals surface area contributed by atoms with Gasteiger partial charge in [0.15, 0.2) is 17.3 Å². The second-order valence-electron chi connectivity index (χ2n) is 37.5. The molecule has 2 atom stereocenters. The molecule has 3 N–H and O–H groups in total. The van der Waals surface area contributed by atoms with Crippen molar-refractivity contribution in [1.82, 2.24) is 84.3 Å². The van der Waals surface area contributed by atoms with Crippen molar-refractivity contribution < 1.29 is 202 Å². The Morgan fingerprint density at radius 1 is 0.372 bits per heavy atom. The van der Waals surface area contributed by atoms with E-state index >= 15 is 0 Å². The Hall–Kier alpha value is -9.58. The number of nitrogens with zero attached hydrogens (tertiary/aromatic N) is 17. The van der Waals surface area contributed by atoms with Gasteiger partial charge in [0, 0.05) is 208 Å². The number of carbonyl (C=O) groups is 7. The van der Waals surface area contributed by atoms with Gasteiger partial charge in [-0.15, -0.1) is 0 Å². The molecule has 15 rings (SSSR count). The molecule has 32 heteroatoms. The van der Waals surface area contributed by atoms with Crippen LogP contribution in [0.25, 0.3) is 68.3 Å². The number of ketones is 3. The van der Waals surface area contributed by atoms with Crippen LogP contribution >= 0.6 is 0 Å². The van der Waals surface area contributed by atoms with Crippen LogP contribution in [0.2, 0.25) is 0 Å². The Morgan fingerprint density at radius 3 is 1.01 bits per heavy atom. The molecule has 0 saturated heterocycles. The van der Waals surface area contributed by atoms with Crippen LogP contribution in [0.5, 0.6) is 0 Å². The molecular weight excluding hydrogens is 2240 g/mol. The summed E-state index contributed by atoms with van der Waals surface area (Å²) in [5.41, 5.74) is 29.7. The number of hydrogen-bond donors (Lipinski definition) is 2. The average Bonchev–Trinajstić information content (AvgIpc) is 0.796. The van der Waals surface area contributed by atoms with Crippen LogP contribution in [0.1, 0.15) is 202 Å². The summed E-state index contributed by atoms with van der Waals surface area (Å²) in [7, 11) is 3.95. The van der Waals surface area contributed by atoms with E-state index in [0.717, 1.165) is 127 Å². The van der Waals surface area contributed by atoms with Crippen molar-refractivity contribution >= 4 is 41.2 Å². The fraction of sp³-hybridized carbons (Fsp3) is 0.354. The van der Waals surface area contributed by atoms with E-state index < -0.39 is 23.9 Å². The summed E-state index contributed by atoms with van der Waals surface area (Å²) >= 11 is 0. The molecule has 14 heterocycles. The third kappa shape index (κ3) is 39.5. The number of carboxylic acid groups (broad SMARTS) is 4. The molecule has 755 valence electrons. The first-order chi connectivity index (χ1) is 67.9. The second kappa shape index (κ2) is 60.2. The Kier molecular flexibility index (Phi) is 50.1. The van der Waals surface area contributed by atoms with Gasteiger partial charge in [-0.05, 0) is 261 Å². The van der Waals surface area contributed by atoms with E-state index in [2.05, 4.69) is 52.5 Å². The van der Waals surface area contributed by atoms with Crippen LogP contribution < -0.4 is 21.1 Å². The number of rotatable bonds is 27. The summed E-state index contributed by atoms with van der Waals surface area (Å²) in [4.78, 5) is 151. The Labute approximate surface area is 973 Å². The molecule has 0 amide bonds. The fourth-order valence-corrected chi connectivity index (χ4v) is 16.5. The van der Waals surface area contributed by atoms with Gasteiger partial charge in [0.25, 0.3) is 0 Å². The zero-order valence-corrected chi connectivity index (χ0v) is 92.4. The summed E-state index contributed by atoms with van der Waals surface area (Å²) in [6.45, 7) is 29.5. The first-order valence-electron chi connectivity index (χ1n) is 48.4. The standard InChI is InChI=1S/C35H40N6O2.C32H33N5O3.C22H35N3O6.2C12H12N2.3Eu/c1-22(2)35(43)25-17-28-15-23(3)14-26-8-5-10-30(37-26)31-11-6-9-27(38-31)20-41(4)21-29-16-24(34(42)12-7-13-36)18-32(40-29)33(19-25)39-28;1-19(2)31(38)21-13-25-12-20(3)11-23-7-5-9-27(33-23)28-10-6-8-24(34-28)17-37(4)18-26-14-22(32(39)40)16-30(36-26)29(15-21)35-25;1-4-23(14-20(26)27)9-10-24(15-21(28)29)11-12-25(16-22(30)31)13-18-5-7-19(8-6-18)17(2)3;2*1-9-5-3-7-11(13-9)12-8-4-6-10(2)14-12;;;/h5-6,8-11,16-19,22-23H,7,12-15,20-21,36H2,1-4H3;5-10,13-16,19-20H,11-12,17-18H2,1-4H3,(H,39,40);5-8,17H,4,9-16H2,1-3H3,(H,26,27)(H,28,29)(H,30,31);2*3-8H,1-2H3;;;/q;;;;;;2*+3/p-3/t23-;20-;;;;;;/m00....../s1. The molecule has 2 aliphatic heterocycles. The van der Waals surface area contributed by atoms with Gasteiger partial charge in [0.1, 0.15) is 0 Å². The number of carboxylic acids is 4. The van der Waals surface area contributed by atoms with Crippen molar-refractivity contribution in [3.8, 4) is 68.3 Å². The van der Waals surface area contributed by atoms with Crippen molar-refractivity contribution in [3.05, 3.63) is 320 Å². The molecule has 2 aliphatic rings. The number of aromatic carboxylic acids is 1. The van der Waals surface area contributed by atoms with Gasteiger partial charge in [-0.25, -0.2) is 24.7 Å². The smallest absolute Gasteiger partial charge is 0.549 e. The molecule has 13 aromatic rings. The van der Waals surface area contributed by atoms with Crippen LogP contribution in [0.15, 0.2) is 218 Å². The van der Waals surface area contributed by atoms with Crippen LogP contribution in [-0.4, -0.2) is 204 Å². The maximum atomic E-state index is 13.2. The Bertz CT molecular complexity index is 6360. The van der Waals surface area contributed by atoms with Gasteiger partial charge in [-0.1, -0.05) is 135 Å².